The van der Waals surface area contributed by atoms with E-state index in [0.29, 0.717) is 16.5 Å². The average Bonchev–Trinajstić information content (AvgIpc) is 2.45. The Balaban J connectivity index is 2.00. The molecule has 0 saturated carbocycles. The molecule has 5 nitrogen and oxygen atoms in total. The van der Waals surface area contributed by atoms with Crippen LogP contribution in [0.15, 0.2) is 11.1 Å². The van der Waals surface area contributed by atoms with Gasteiger partial charge in [-0.3, -0.25) is 4.79 Å². The largest absolute Gasteiger partial charge is 0.370 e. The van der Waals surface area contributed by atoms with Crippen LogP contribution in [0.1, 0.15) is 30.0 Å². The maximum Gasteiger partial charge on any atom is 0.227 e. The molecule has 2 bridgehead atoms. The van der Waals surface area contributed by atoms with E-state index in [2.05, 4.69) is 16.0 Å². The Hall–Kier alpha value is -1.74. The van der Waals surface area contributed by atoms with Crippen molar-refractivity contribution in [3.8, 4) is 6.07 Å². The van der Waals surface area contributed by atoms with Gasteiger partial charge in [-0.15, -0.1) is 0 Å². The Kier molecular flexibility index (Phi) is 3.07. The van der Waals surface area contributed by atoms with Crippen molar-refractivity contribution in [2.24, 2.45) is 5.73 Å². The highest BCUT2D eigenvalue weighted by Crippen LogP contribution is 2.42. The molecule has 0 atom stereocenters. The van der Waals surface area contributed by atoms with E-state index < -0.39 is 5.91 Å². The Morgan fingerprint density at radius 3 is 2.95 bits per heavy atom. The molecule has 1 saturated heterocycles. The average molecular weight is 274 g/mol. The van der Waals surface area contributed by atoms with Crippen molar-refractivity contribution in [3.63, 3.8) is 0 Å². The highest BCUT2D eigenvalue weighted by atomic mass is 32.2. The van der Waals surface area contributed by atoms with Crippen LogP contribution in [-0.4, -0.2) is 29.7 Å². The fourth-order valence-electron chi connectivity index (χ4n) is 2.78. The lowest BCUT2D eigenvalue weighted by molar-refractivity contribution is -0.115. The van der Waals surface area contributed by atoms with E-state index in [1.807, 2.05) is 6.07 Å². The number of pyridine rings is 1. The number of fused-ring (bicyclic) bond motifs is 2. The Morgan fingerprint density at radius 2 is 2.32 bits per heavy atom. The van der Waals surface area contributed by atoms with E-state index in [-0.39, 0.29) is 5.75 Å². The van der Waals surface area contributed by atoms with Crippen LogP contribution < -0.4 is 10.6 Å². The number of primary amides is 1. The maximum atomic E-state index is 10.9. The minimum atomic E-state index is -0.390. The Morgan fingerprint density at radius 1 is 1.58 bits per heavy atom. The molecule has 3 aliphatic rings. The van der Waals surface area contributed by atoms with Crippen LogP contribution in [0, 0.1) is 11.3 Å². The van der Waals surface area contributed by atoms with Crippen LogP contribution in [0.25, 0.3) is 0 Å². The summed E-state index contributed by atoms with van der Waals surface area (Å²) in [6, 6.07) is 4.08. The van der Waals surface area contributed by atoms with Crippen LogP contribution in [0.5, 0.6) is 0 Å². The normalized spacial score (nSPS) is 17.1. The first-order valence-corrected chi connectivity index (χ1v) is 7.28. The van der Waals surface area contributed by atoms with Crippen LogP contribution >= 0.6 is 11.8 Å². The van der Waals surface area contributed by atoms with Crippen LogP contribution in [-0.2, 0) is 4.79 Å². The van der Waals surface area contributed by atoms with E-state index in [9.17, 15) is 10.1 Å². The Labute approximate surface area is 115 Å². The quantitative estimate of drug-likeness (QED) is 0.838. The van der Waals surface area contributed by atoms with E-state index in [1.165, 1.54) is 11.8 Å². The van der Waals surface area contributed by atoms with Gasteiger partial charge in [0.2, 0.25) is 5.91 Å². The Bertz CT molecular complexity index is 573. The molecule has 0 aromatic carbocycles. The molecule has 0 unspecified atom stereocenters. The van der Waals surface area contributed by atoms with Gasteiger partial charge < -0.3 is 10.6 Å². The molecule has 6 heteroatoms. The monoisotopic (exact) mass is 274 g/mol. The highest BCUT2D eigenvalue weighted by molar-refractivity contribution is 7.99. The van der Waals surface area contributed by atoms with Gasteiger partial charge in [-0.1, -0.05) is 11.8 Å². The number of nitrogens with two attached hydrogens (primary N) is 1. The summed E-state index contributed by atoms with van der Waals surface area (Å²) in [5, 5.41) is 9.85. The van der Waals surface area contributed by atoms with Crippen molar-refractivity contribution in [2.45, 2.75) is 23.8 Å². The molecule has 98 valence electrons. The second-order valence-corrected chi connectivity index (χ2v) is 5.84. The van der Waals surface area contributed by atoms with Gasteiger partial charge in [0, 0.05) is 19.0 Å². The van der Waals surface area contributed by atoms with E-state index in [0.717, 1.165) is 37.3 Å². The van der Waals surface area contributed by atoms with Crippen LogP contribution in [0.2, 0.25) is 0 Å². The van der Waals surface area contributed by atoms with Crippen molar-refractivity contribution >= 4 is 23.4 Å². The number of thioether (sulfide) groups is 1. The summed E-state index contributed by atoms with van der Waals surface area (Å²) in [6.07, 6.45) is 2.26. The van der Waals surface area contributed by atoms with Gasteiger partial charge in [0.15, 0.2) is 0 Å². The summed E-state index contributed by atoms with van der Waals surface area (Å²) in [7, 11) is 0. The third kappa shape index (κ3) is 2.15. The van der Waals surface area contributed by atoms with Gasteiger partial charge in [0.05, 0.1) is 22.7 Å². The fraction of sp³-hybridized carbons (Fsp3) is 0.462. The first kappa shape index (κ1) is 12.3. The van der Waals surface area contributed by atoms with E-state index in [4.69, 9.17) is 5.73 Å². The number of hydrogen-bond acceptors (Lipinski definition) is 5. The third-order valence-corrected chi connectivity index (χ3v) is 4.70. The lowest BCUT2D eigenvalue weighted by Crippen LogP contribution is -2.39. The number of carbonyl (C=O) groups excluding carboxylic acids is 1. The molecule has 2 N–H and O–H groups in total. The number of amides is 1. The molecule has 0 spiro atoms. The van der Waals surface area contributed by atoms with Gasteiger partial charge in [0.25, 0.3) is 0 Å². The molecule has 1 aromatic rings. The predicted octanol–water partition coefficient (Wildman–Crippen LogP) is 1.23. The molecule has 1 fully saturated rings. The highest BCUT2D eigenvalue weighted by Gasteiger charge is 2.33. The number of piperidine rings is 1. The molecule has 4 heterocycles. The number of nitrogens with zero attached hydrogens (tertiary/aromatic N) is 3. The second kappa shape index (κ2) is 4.74. The first-order valence-electron chi connectivity index (χ1n) is 6.30. The minimum absolute atomic E-state index is 0.162. The zero-order chi connectivity index (χ0) is 13.4. The summed E-state index contributed by atoms with van der Waals surface area (Å²) < 4.78 is 0. The number of carbonyl (C=O) groups is 1. The minimum Gasteiger partial charge on any atom is -0.370 e. The van der Waals surface area contributed by atoms with Gasteiger partial charge in [-0.25, -0.2) is 4.98 Å². The van der Waals surface area contributed by atoms with Crippen molar-refractivity contribution in [1.29, 1.82) is 5.26 Å². The molecule has 19 heavy (non-hydrogen) atoms. The van der Waals surface area contributed by atoms with E-state index in [1.54, 1.807) is 0 Å². The fourth-order valence-corrected chi connectivity index (χ4v) is 3.48. The lowest BCUT2D eigenvalue weighted by Gasteiger charge is -2.41. The predicted molar refractivity (Wildman–Crippen MR) is 73.1 cm³/mol. The molecule has 0 radical (unpaired) electrons. The second-order valence-electron chi connectivity index (χ2n) is 4.87. The zero-order valence-electron chi connectivity index (χ0n) is 10.4. The molecule has 1 aromatic heterocycles. The van der Waals surface area contributed by atoms with Crippen molar-refractivity contribution < 1.29 is 4.79 Å². The number of anilines is 1. The summed E-state index contributed by atoms with van der Waals surface area (Å²) in [5.74, 6) is 0.272. The van der Waals surface area contributed by atoms with Crippen LogP contribution in [0.3, 0.4) is 0 Å². The SMILES string of the molecule is N#Cc1cc2c(nc1SCC(N)=O)C1CCN2CC1. The molecule has 1 amide bonds. The van der Waals surface area contributed by atoms with Crippen molar-refractivity contribution in [2.75, 3.05) is 23.7 Å². The molecular weight excluding hydrogens is 260 g/mol. The molecule has 4 rings (SSSR count). The maximum absolute atomic E-state index is 10.9. The van der Waals surface area contributed by atoms with Gasteiger partial charge in [0.1, 0.15) is 11.1 Å². The van der Waals surface area contributed by atoms with Crippen molar-refractivity contribution in [1.82, 2.24) is 4.98 Å². The van der Waals surface area contributed by atoms with Gasteiger partial charge in [-0.2, -0.15) is 5.26 Å². The summed E-state index contributed by atoms with van der Waals surface area (Å²) in [4.78, 5) is 17.8. The summed E-state index contributed by atoms with van der Waals surface area (Å²) in [6.45, 7) is 2.11. The third-order valence-electron chi connectivity index (χ3n) is 3.69. The number of nitriles is 1. The first-order chi connectivity index (χ1) is 9.19. The lowest BCUT2D eigenvalue weighted by atomic mass is 9.86. The van der Waals surface area contributed by atoms with Gasteiger partial charge in [-0.05, 0) is 18.9 Å². The van der Waals surface area contributed by atoms with E-state index >= 15 is 0 Å². The van der Waals surface area contributed by atoms with Crippen molar-refractivity contribution in [3.05, 3.63) is 17.3 Å². The smallest absolute Gasteiger partial charge is 0.227 e. The molecular formula is C13H14N4OS. The summed E-state index contributed by atoms with van der Waals surface area (Å²) in [5.41, 5.74) is 7.88. The number of rotatable bonds is 3. The summed E-state index contributed by atoms with van der Waals surface area (Å²) >= 11 is 1.25. The topological polar surface area (TPSA) is 83.0 Å². The van der Waals surface area contributed by atoms with Gasteiger partial charge >= 0.3 is 0 Å². The number of aromatic nitrogens is 1. The number of hydrogen-bond donors (Lipinski definition) is 1. The van der Waals surface area contributed by atoms with Crippen LogP contribution in [0.4, 0.5) is 5.69 Å². The zero-order valence-corrected chi connectivity index (χ0v) is 11.2. The molecule has 0 aliphatic carbocycles. The standard InChI is InChI=1S/C13H14N4OS/c14-6-9-5-10-12(8-1-3-17(10)4-2-8)16-13(9)19-7-11(15)18/h5,8H,1-4,7H2,(H2,15,18). The molecule has 3 aliphatic heterocycles.